The van der Waals surface area contributed by atoms with Gasteiger partial charge in [0.2, 0.25) is 0 Å². The summed E-state index contributed by atoms with van der Waals surface area (Å²) < 4.78 is 0. The molecule has 0 heterocycles. The number of rotatable bonds is 2. The summed E-state index contributed by atoms with van der Waals surface area (Å²) in [6.07, 6.45) is 6.54. The summed E-state index contributed by atoms with van der Waals surface area (Å²) in [6.45, 7) is 3.72. The number of hydrogen-bond donors (Lipinski definition) is 0. The maximum absolute atomic E-state index is 6.31. The van der Waals surface area contributed by atoms with Crippen molar-refractivity contribution < 1.29 is 0 Å². The van der Waals surface area contributed by atoms with Gasteiger partial charge in [0.15, 0.2) is 0 Å². The van der Waals surface area contributed by atoms with E-state index in [4.69, 9.17) is 23.2 Å². The first-order valence-electron chi connectivity index (χ1n) is 5.82. The lowest BCUT2D eigenvalue weighted by Crippen LogP contribution is -2.05. The molecule has 0 bridgehead atoms. The molecule has 0 spiro atoms. The lowest BCUT2D eigenvalue weighted by molar-refractivity contribution is 0.444. The quantitative estimate of drug-likeness (QED) is 0.645. The Labute approximate surface area is 107 Å². The van der Waals surface area contributed by atoms with E-state index in [9.17, 15) is 0 Å². The highest BCUT2D eigenvalue weighted by Crippen LogP contribution is 2.37. The van der Waals surface area contributed by atoms with Crippen molar-refractivity contribution in [3.63, 3.8) is 0 Å². The zero-order chi connectivity index (χ0) is 11.5. The van der Waals surface area contributed by atoms with Gasteiger partial charge in [0.05, 0.1) is 0 Å². The van der Waals surface area contributed by atoms with Gasteiger partial charge in [-0.25, -0.2) is 0 Å². The molecule has 1 aromatic carbocycles. The molecule has 0 nitrogen and oxygen atoms in total. The predicted octanol–water partition coefficient (Wildman–Crippen LogP) is 5.60. The molecular weight excluding hydrogens is 239 g/mol. The lowest BCUT2D eigenvalue weighted by atomic mass is 9.84. The van der Waals surface area contributed by atoms with Gasteiger partial charge >= 0.3 is 0 Å². The van der Waals surface area contributed by atoms with Crippen molar-refractivity contribution in [2.24, 2.45) is 0 Å². The second kappa shape index (κ2) is 5.25. The lowest BCUT2D eigenvalue weighted by Gasteiger charge is -2.23. The Hall–Kier alpha value is -0.460. The van der Waals surface area contributed by atoms with Crippen LogP contribution >= 0.6 is 23.2 Å². The molecular formula is C14H16Cl2. The van der Waals surface area contributed by atoms with E-state index in [1.807, 2.05) is 12.1 Å². The minimum Gasteiger partial charge on any atom is -0.0843 e. The molecule has 16 heavy (non-hydrogen) atoms. The van der Waals surface area contributed by atoms with Crippen LogP contribution in [0.4, 0.5) is 0 Å². The molecule has 0 N–H and O–H groups in total. The molecule has 2 rings (SSSR count). The standard InChI is InChI=1S/C14H16Cl2/c1-10(15)12-7-8-13(14(16)9-12)11-5-3-2-4-6-11/h7-9,11H,1-6H2. The Bertz CT molecular complexity index is 390. The van der Waals surface area contributed by atoms with Gasteiger partial charge in [0, 0.05) is 10.1 Å². The zero-order valence-electron chi connectivity index (χ0n) is 9.31. The van der Waals surface area contributed by atoms with E-state index in [1.54, 1.807) is 0 Å². The first kappa shape index (κ1) is 12.0. The third-order valence-corrected chi connectivity index (χ3v) is 3.90. The molecule has 0 aliphatic heterocycles. The van der Waals surface area contributed by atoms with Crippen LogP contribution in [-0.2, 0) is 0 Å². The van der Waals surface area contributed by atoms with Gasteiger partial charge in [0.25, 0.3) is 0 Å². The topological polar surface area (TPSA) is 0 Å². The van der Waals surface area contributed by atoms with Crippen LogP contribution < -0.4 is 0 Å². The van der Waals surface area contributed by atoms with Gasteiger partial charge in [0.1, 0.15) is 0 Å². The number of benzene rings is 1. The van der Waals surface area contributed by atoms with Gasteiger partial charge in [-0.1, -0.05) is 61.2 Å². The Morgan fingerprint density at radius 2 is 1.88 bits per heavy atom. The summed E-state index contributed by atoms with van der Waals surface area (Å²) in [5.74, 6) is 0.638. The van der Waals surface area contributed by atoms with Crippen molar-refractivity contribution in [2.45, 2.75) is 38.0 Å². The highest BCUT2D eigenvalue weighted by atomic mass is 35.5. The SMILES string of the molecule is C=C(Cl)c1ccc(C2CCCCC2)c(Cl)c1. The Kier molecular flexibility index (Phi) is 3.94. The van der Waals surface area contributed by atoms with Crippen molar-refractivity contribution >= 4 is 28.2 Å². The van der Waals surface area contributed by atoms with Crippen LogP contribution in [0.1, 0.15) is 49.1 Å². The highest BCUT2D eigenvalue weighted by Gasteiger charge is 2.18. The molecule has 0 saturated heterocycles. The normalized spacial score (nSPS) is 17.4. The van der Waals surface area contributed by atoms with Gasteiger partial charge in [-0.2, -0.15) is 0 Å². The van der Waals surface area contributed by atoms with E-state index in [0.717, 1.165) is 10.6 Å². The monoisotopic (exact) mass is 254 g/mol. The Morgan fingerprint density at radius 1 is 1.19 bits per heavy atom. The van der Waals surface area contributed by atoms with Gasteiger partial charge in [-0.05, 0) is 36.0 Å². The van der Waals surface area contributed by atoms with Crippen LogP contribution in [0.25, 0.3) is 5.03 Å². The van der Waals surface area contributed by atoms with Crippen LogP contribution in [0, 0.1) is 0 Å². The summed E-state index contributed by atoms with van der Waals surface area (Å²) in [4.78, 5) is 0. The first-order chi connectivity index (χ1) is 7.68. The summed E-state index contributed by atoms with van der Waals surface area (Å²) in [7, 11) is 0. The smallest absolute Gasteiger partial charge is 0.0447 e. The van der Waals surface area contributed by atoms with E-state index in [-0.39, 0.29) is 0 Å². The molecule has 0 radical (unpaired) electrons. The van der Waals surface area contributed by atoms with Crippen molar-refractivity contribution in [3.8, 4) is 0 Å². The third-order valence-electron chi connectivity index (χ3n) is 3.36. The second-order valence-corrected chi connectivity index (χ2v) is 5.34. The van der Waals surface area contributed by atoms with Gasteiger partial charge < -0.3 is 0 Å². The van der Waals surface area contributed by atoms with Crippen molar-refractivity contribution in [2.75, 3.05) is 0 Å². The van der Waals surface area contributed by atoms with E-state index >= 15 is 0 Å². The molecule has 0 unspecified atom stereocenters. The summed E-state index contributed by atoms with van der Waals surface area (Å²) >= 11 is 12.2. The second-order valence-electron chi connectivity index (χ2n) is 4.48. The van der Waals surface area contributed by atoms with E-state index in [0.29, 0.717) is 11.0 Å². The van der Waals surface area contributed by atoms with E-state index in [2.05, 4.69) is 12.6 Å². The van der Waals surface area contributed by atoms with Gasteiger partial charge in [-0.3, -0.25) is 0 Å². The fourth-order valence-corrected chi connectivity index (χ4v) is 2.89. The molecule has 0 atom stereocenters. The molecule has 2 heteroatoms. The van der Waals surface area contributed by atoms with Crippen LogP contribution in [-0.4, -0.2) is 0 Å². The predicted molar refractivity (Wildman–Crippen MR) is 72.2 cm³/mol. The maximum atomic E-state index is 6.31. The van der Waals surface area contributed by atoms with E-state index < -0.39 is 0 Å². The first-order valence-corrected chi connectivity index (χ1v) is 6.58. The van der Waals surface area contributed by atoms with Crippen LogP contribution in [0.2, 0.25) is 5.02 Å². The van der Waals surface area contributed by atoms with Crippen LogP contribution in [0.5, 0.6) is 0 Å². The van der Waals surface area contributed by atoms with Gasteiger partial charge in [-0.15, -0.1) is 0 Å². The average molecular weight is 255 g/mol. The molecule has 0 amide bonds. The molecule has 86 valence electrons. The van der Waals surface area contributed by atoms with E-state index in [1.165, 1.54) is 37.7 Å². The Balaban J connectivity index is 2.24. The fraction of sp³-hybridized carbons (Fsp3) is 0.429. The molecule has 1 aromatic rings. The van der Waals surface area contributed by atoms with Crippen LogP contribution in [0.3, 0.4) is 0 Å². The molecule has 1 saturated carbocycles. The van der Waals surface area contributed by atoms with Crippen LogP contribution in [0.15, 0.2) is 24.8 Å². The Morgan fingerprint density at radius 3 is 2.44 bits per heavy atom. The molecule has 0 aromatic heterocycles. The summed E-state index contributed by atoms with van der Waals surface area (Å²) in [6, 6.07) is 6.06. The minimum atomic E-state index is 0.553. The van der Waals surface area contributed by atoms with Crippen molar-refractivity contribution in [3.05, 3.63) is 40.9 Å². The van der Waals surface area contributed by atoms with Crippen molar-refractivity contribution in [1.82, 2.24) is 0 Å². The maximum Gasteiger partial charge on any atom is 0.0447 e. The average Bonchev–Trinajstić information content (AvgIpc) is 2.30. The number of halogens is 2. The zero-order valence-corrected chi connectivity index (χ0v) is 10.8. The molecule has 1 aliphatic carbocycles. The summed E-state index contributed by atoms with van der Waals surface area (Å²) in [5.41, 5.74) is 2.20. The largest absolute Gasteiger partial charge is 0.0843 e. The number of hydrogen-bond acceptors (Lipinski definition) is 0. The molecule has 1 fully saturated rings. The minimum absolute atomic E-state index is 0.553. The summed E-state index contributed by atoms with van der Waals surface area (Å²) in [5, 5.41) is 1.39. The third kappa shape index (κ3) is 2.61. The fourth-order valence-electron chi connectivity index (χ4n) is 2.44. The van der Waals surface area contributed by atoms with Crippen molar-refractivity contribution in [1.29, 1.82) is 0 Å². The molecule has 1 aliphatic rings. The highest BCUT2D eigenvalue weighted by molar-refractivity contribution is 6.48.